The van der Waals surface area contributed by atoms with Crippen LogP contribution in [0.25, 0.3) is 32.7 Å². The summed E-state index contributed by atoms with van der Waals surface area (Å²) in [4.78, 5) is 135. The van der Waals surface area contributed by atoms with Crippen molar-refractivity contribution in [1.29, 1.82) is 0 Å². The molecule has 9 heterocycles. The van der Waals surface area contributed by atoms with Crippen LogP contribution in [0.15, 0.2) is 72.8 Å². The third-order valence-corrected chi connectivity index (χ3v) is 27.2. The maximum atomic E-state index is 16.1. The molecule has 3 aromatic carbocycles. The summed E-state index contributed by atoms with van der Waals surface area (Å²) in [6.07, 6.45) is 5.97. The van der Waals surface area contributed by atoms with Crippen LogP contribution in [0.4, 0.5) is 45.1 Å². The fourth-order valence-corrected chi connectivity index (χ4v) is 18.9. The second-order valence-electron chi connectivity index (χ2n) is 40.2. The number of alkyl halides is 6. The van der Waals surface area contributed by atoms with Crippen molar-refractivity contribution in [1.82, 2.24) is 45.6 Å². The third kappa shape index (κ3) is 24.1. The van der Waals surface area contributed by atoms with Gasteiger partial charge in [-0.15, -0.1) is 0 Å². The summed E-state index contributed by atoms with van der Waals surface area (Å²) in [5.74, 6) is -13.3. The minimum atomic E-state index is -3.31. The molecule has 3 saturated heterocycles. The van der Waals surface area contributed by atoms with Crippen LogP contribution in [0.3, 0.4) is 0 Å². The average molecular weight is 1970 g/mol. The number of ether oxygens (including phenoxy) is 8. The number of hydrogen-bond donors (Lipinski definition) is 3. The summed E-state index contributed by atoms with van der Waals surface area (Å²) in [7, 11) is 0. The number of amides is 6. The van der Waals surface area contributed by atoms with Gasteiger partial charge in [0.1, 0.15) is 71.1 Å². The topological polar surface area (TPSA) is 312 Å². The fraction of sp³-hybridized carbons (Fsp3) is 0.629. The normalized spacial score (nSPS) is 30.1. The van der Waals surface area contributed by atoms with Gasteiger partial charge in [0.25, 0.3) is 17.8 Å². The number of fused-ring (bicyclic) bond motifs is 15. The minimum absolute atomic E-state index is 0. The second kappa shape index (κ2) is 42.2. The zero-order valence-electron chi connectivity index (χ0n) is 78.1. The van der Waals surface area contributed by atoms with Crippen molar-refractivity contribution >= 4 is 87.6 Å². The van der Waals surface area contributed by atoms with Gasteiger partial charge in [0, 0.05) is 121 Å². The molecule has 6 aromatic rings. The van der Waals surface area contributed by atoms with Gasteiger partial charge in [-0.2, -0.15) is 0 Å². The van der Waals surface area contributed by atoms with E-state index in [0.29, 0.717) is 116 Å². The van der Waals surface area contributed by atoms with Crippen molar-refractivity contribution in [2.24, 2.45) is 51.8 Å². The van der Waals surface area contributed by atoms with Crippen LogP contribution >= 0.6 is 0 Å². The van der Waals surface area contributed by atoms with Crippen LogP contribution in [0.2, 0.25) is 0 Å². The molecule has 3 aromatic heterocycles. The maximum Gasteiger partial charge on any atom is 0.408 e. The molecular weight excluding hydrogens is 1850 g/mol. The van der Waals surface area contributed by atoms with Crippen LogP contribution in [0, 0.1) is 57.6 Å². The number of halogens is 7. The van der Waals surface area contributed by atoms with Gasteiger partial charge >= 0.3 is 18.3 Å². The van der Waals surface area contributed by atoms with E-state index < -0.39 is 184 Å². The molecule has 6 amide bonds. The van der Waals surface area contributed by atoms with Crippen LogP contribution in [0.5, 0.6) is 29.1 Å². The Balaban J connectivity index is 0.000000205. The molecule has 3 N–H and O–H groups in total. The van der Waals surface area contributed by atoms with Crippen LogP contribution in [0.1, 0.15) is 230 Å². The van der Waals surface area contributed by atoms with E-state index in [9.17, 15) is 47.5 Å². The van der Waals surface area contributed by atoms with E-state index >= 15 is 26.3 Å². The number of carbonyl (C=O) groups is 6. The third-order valence-electron chi connectivity index (χ3n) is 27.2. The molecule has 6 aliphatic heterocycles. The Labute approximate surface area is 807 Å². The van der Waals surface area contributed by atoms with Crippen molar-refractivity contribution < 1.29 is 167 Å². The Morgan fingerprint density at radius 3 is 1.17 bits per heavy atom. The molecule has 3 aliphatic carbocycles. The first-order valence-corrected chi connectivity index (χ1v) is 45.6. The van der Waals surface area contributed by atoms with Crippen molar-refractivity contribution in [3.63, 3.8) is 0 Å². The van der Waals surface area contributed by atoms with E-state index in [2.05, 4.69) is 30.9 Å². The van der Waals surface area contributed by atoms with Crippen molar-refractivity contribution in [3.8, 4) is 29.1 Å². The van der Waals surface area contributed by atoms with Gasteiger partial charge in [-0.25, -0.2) is 78.9 Å². The Morgan fingerprint density at radius 2 is 0.797 bits per heavy atom. The molecule has 6 bridgehead atoms. The molecule has 6 fully saturated rings. The Bertz CT molecular complexity index is 5240. The van der Waals surface area contributed by atoms with Gasteiger partial charge in [0.05, 0.1) is 66.1 Å². The predicted octanol–water partition coefficient (Wildman–Crippen LogP) is 17.5. The standard InChI is InChI=1S/C34H44F2N3O6.C33H42F2N3O6.C30H35F3N3O5.3V/c1-7-23-26(19-40)39-18-27(23)44-29-24(15-20-12-13-22(43-8-2)16-25(20)37-29)34(35,36)14-10-9-11-21-17-33(21,6)45-31(42)38-28(30(39)41)32(3,4)5;1-7-42-22-12-11-20-14-23-28(36-24(20)15-22)43-26-17-38(25(18-39)19(26)2)29(40)27(31(3,4)5)37-30(41)44-32(6)16-21(32)10-8-9-13-33(23,34)35;1-16-22(15-37)36-14-24(16)40-26-20(11-17-8-9-19(31)13-21(17)34-26)30(32,33)10-6-5-7-18-12-23(18)41-28(39)35-25(27(36)38)29(2,3)4;;;/h12-13,15-16,21,23,26-28H,7-11,14,17-18H2,1-6H3,(H,38,42);11-12,14-15,19,21,25-27H,7-10,13,16-17H2,1-6H3,(H,37,41);8-9,11,13,16,18,22-25H,5-7,10,12,14H2,1-4H3,(H,35,39);;;/q3*-1;;;/t21-,23+,26-,27+,28-,33-;19-,21+,25+,26-,27+,32+;16-,18+,22+,23+,24-,25+;;;/m100.../s1. The quantitative estimate of drug-likeness (QED) is 0.0724. The summed E-state index contributed by atoms with van der Waals surface area (Å²) < 4.78 is 156. The zero-order chi connectivity index (χ0) is 94.4. The fourth-order valence-electron chi connectivity index (χ4n) is 18.9. The van der Waals surface area contributed by atoms with Crippen molar-refractivity contribution in [3.05, 3.63) is 95.3 Å². The first kappa shape index (κ1) is 106. The number of rotatable bonds is 8. The van der Waals surface area contributed by atoms with Gasteiger partial charge in [0.2, 0.25) is 35.4 Å². The van der Waals surface area contributed by atoms with Gasteiger partial charge < -0.3 is 82.9 Å². The van der Waals surface area contributed by atoms with Gasteiger partial charge in [0.15, 0.2) is 0 Å². The van der Waals surface area contributed by atoms with E-state index in [1.165, 1.54) is 45.0 Å². The monoisotopic (exact) mass is 1970 g/mol. The molecule has 9 aliphatic rings. The molecule has 36 heteroatoms. The summed E-state index contributed by atoms with van der Waals surface area (Å²) >= 11 is 0. The molecule has 3 radical (unpaired) electrons. The Kier molecular flexibility index (Phi) is 33.7. The van der Waals surface area contributed by atoms with Gasteiger partial charge in [-0.1, -0.05) is 127 Å². The first-order chi connectivity index (χ1) is 61.1. The van der Waals surface area contributed by atoms with Crippen LogP contribution < -0.4 is 39.6 Å². The number of carbonyl (C=O) groups excluding carboxylic acids is 9. The molecule has 133 heavy (non-hydrogen) atoms. The predicted molar refractivity (Wildman–Crippen MR) is 467 cm³/mol. The number of nitrogens with zero attached hydrogens (tertiary/aromatic N) is 6. The molecular formula is C97H121F7N9O17V3-3. The number of benzene rings is 3. The number of nitrogens with one attached hydrogen (secondary N) is 3. The zero-order valence-corrected chi connectivity index (χ0v) is 82.3. The van der Waals surface area contributed by atoms with Crippen molar-refractivity contribution in [2.45, 2.75) is 303 Å². The van der Waals surface area contributed by atoms with Crippen LogP contribution in [-0.4, -0.2) is 189 Å². The van der Waals surface area contributed by atoms with Crippen molar-refractivity contribution in [2.75, 3.05) is 32.8 Å². The van der Waals surface area contributed by atoms with Gasteiger partial charge in [-0.3, -0.25) is 14.4 Å². The molecule has 723 valence electrons. The summed E-state index contributed by atoms with van der Waals surface area (Å²) in [5.41, 5.74) is -3.74. The van der Waals surface area contributed by atoms with E-state index in [4.69, 9.17) is 37.9 Å². The molecule has 0 spiro atoms. The Hall–Kier alpha value is -8.62. The largest absolute Gasteiger partial charge is 0.540 e. The average Bonchev–Trinajstić information content (AvgIpc) is 1.76. The Morgan fingerprint density at radius 1 is 0.451 bits per heavy atom. The molecule has 15 rings (SSSR count). The molecule has 3 saturated carbocycles. The summed E-state index contributed by atoms with van der Waals surface area (Å²) in [6.45, 7) is 29.4. The van der Waals surface area contributed by atoms with E-state index in [0.717, 1.165) is 6.07 Å². The first-order valence-electron chi connectivity index (χ1n) is 45.6. The minimum Gasteiger partial charge on any atom is -0.540 e. The van der Waals surface area contributed by atoms with E-state index in [1.807, 2.05) is 74.2 Å². The van der Waals surface area contributed by atoms with Gasteiger partial charge in [-0.05, 0) is 180 Å². The summed E-state index contributed by atoms with van der Waals surface area (Å²) in [6, 6.07) is 11.9. The number of pyridine rings is 3. The molecule has 18 atom stereocenters. The van der Waals surface area contributed by atoms with E-state index in [1.54, 1.807) is 91.8 Å². The van der Waals surface area contributed by atoms with Crippen LogP contribution in [-0.2, 0) is 116 Å². The number of alkyl carbamates (subject to hydrolysis) is 3. The number of hydrogen-bond acceptors (Lipinski definition) is 20. The molecule has 26 nitrogen and oxygen atoms in total. The second-order valence-corrected chi connectivity index (χ2v) is 40.2. The molecule has 0 unspecified atom stereocenters. The smallest absolute Gasteiger partial charge is 0.408 e. The maximum absolute atomic E-state index is 16.1. The summed E-state index contributed by atoms with van der Waals surface area (Å²) in [5, 5.41) is 9.59. The SMILES string of the molecule is CCOc1ccc2cc3c(nc2c1)O[C@H]1CN(C(=O)[C@H](C(C)(C)C)NC(=O)O[C@]2(C)C[C@H]2CCCCC3(F)F)[C@H]([C-]=O)[C@@H]1C.CCOc1ccc2cc3c(nc2c1)O[C@H]1CN(C(=O)[C@H](C(C)(C)C)NC(=O)O[C@]2(C)C[C@H]2CCCCC3(F)F)[C@H]([C-]=O)[C@@H]1CC.C[C@@H]1[C@@H]2CN(C(=O)[C@H](C(C)(C)C)NC(=O)O[C@@H]3C[C@H]3CCCCC(F)(F)c3cc4ccc(F)cc4nc3O2)[C@@H]1[C-]=O.[V].[V].[V]. The number of aromatic nitrogens is 3. The van der Waals surface area contributed by atoms with E-state index in [-0.39, 0.29) is 153 Å².